The highest BCUT2D eigenvalue weighted by atomic mass is 79.9. The molecule has 9 heteroatoms. The first-order valence-electron chi connectivity index (χ1n) is 12.4. The van der Waals surface area contributed by atoms with Crippen LogP contribution in [0.15, 0.2) is 65.1 Å². The number of aryl methyl sites for hydroxylation is 1. The molecule has 0 aliphatic carbocycles. The summed E-state index contributed by atoms with van der Waals surface area (Å²) in [4.78, 5) is 26.7. The van der Waals surface area contributed by atoms with Gasteiger partial charge in [0.25, 0.3) is 5.91 Å². The number of benzene rings is 2. The van der Waals surface area contributed by atoms with E-state index in [1.54, 1.807) is 20.0 Å². The number of nitriles is 1. The molecule has 0 aliphatic rings. The standard InChI is InChI=1S/C29H34BrN5O3/c1-19(38-18-20-10-7-6-8-11-20)24(17-31)33-27(36)23(15-21-12-9-13-22(30)14-21)32-28(37)25-16-26(29(2,3)4)34-35(25)5/h6-14,16,19,23-24H,15,18H2,1-5H3,(H,32,37)(H,33,36)/t19-,23+,24-/m1/s1. The molecular formula is C29H34BrN5O3. The number of nitrogens with one attached hydrogen (secondary N) is 2. The number of hydrogen-bond acceptors (Lipinski definition) is 5. The third-order valence-electron chi connectivity index (χ3n) is 6.09. The van der Waals surface area contributed by atoms with Crippen LogP contribution in [0.5, 0.6) is 0 Å². The van der Waals surface area contributed by atoms with Crippen molar-refractivity contribution < 1.29 is 14.3 Å². The third kappa shape index (κ3) is 8.01. The second-order valence-electron chi connectivity index (χ2n) is 10.3. The van der Waals surface area contributed by atoms with Gasteiger partial charge in [0, 0.05) is 23.4 Å². The van der Waals surface area contributed by atoms with Gasteiger partial charge in [-0.3, -0.25) is 14.3 Å². The van der Waals surface area contributed by atoms with Crippen LogP contribution in [-0.4, -0.2) is 39.8 Å². The molecule has 0 fully saturated rings. The summed E-state index contributed by atoms with van der Waals surface area (Å²) in [7, 11) is 1.70. The van der Waals surface area contributed by atoms with Gasteiger partial charge in [-0.1, -0.05) is 79.2 Å². The van der Waals surface area contributed by atoms with Crippen molar-refractivity contribution in [2.24, 2.45) is 7.05 Å². The summed E-state index contributed by atoms with van der Waals surface area (Å²) in [6, 6.07) is 19.1. The van der Waals surface area contributed by atoms with E-state index in [0.717, 1.165) is 21.3 Å². The second kappa shape index (κ2) is 12.9. The van der Waals surface area contributed by atoms with Crippen LogP contribution in [0.3, 0.4) is 0 Å². The highest BCUT2D eigenvalue weighted by molar-refractivity contribution is 9.10. The van der Waals surface area contributed by atoms with Crippen molar-refractivity contribution >= 4 is 27.7 Å². The monoisotopic (exact) mass is 579 g/mol. The Morgan fingerprint density at radius 3 is 2.37 bits per heavy atom. The van der Waals surface area contributed by atoms with Crippen LogP contribution in [0.2, 0.25) is 0 Å². The van der Waals surface area contributed by atoms with Crippen LogP contribution in [0, 0.1) is 11.3 Å². The molecule has 0 saturated heterocycles. The summed E-state index contributed by atoms with van der Waals surface area (Å²) in [5.74, 6) is -0.897. The maximum atomic E-state index is 13.4. The van der Waals surface area contributed by atoms with E-state index >= 15 is 0 Å². The summed E-state index contributed by atoms with van der Waals surface area (Å²) in [6.07, 6.45) is -0.337. The molecule has 0 saturated carbocycles. The summed E-state index contributed by atoms with van der Waals surface area (Å²) < 4.78 is 8.23. The Balaban J connectivity index is 1.77. The van der Waals surface area contributed by atoms with Crippen molar-refractivity contribution in [1.29, 1.82) is 5.26 Å². The number of nitrogens with zero attached hydrogens (tertiary/aromatic N) is 3. The largest absolute Gasteiger partial charge is 0.371 e. The fourth-order valence-corrected chi connectivity index (χ4v) is 4.24. The maximum absolute atomic E-state index is 13.4. The lowest BCUT2D eigenvalue weighted by Crippen LogP contribution is -2.53. The van der Waals surface area contributed by atoms with E-state index in [9.17, 15) is 14.9 Å². The number of rotatable bonds is 10. The number of halogens is 1. The SMILES string of the molecule is C[C@@H](OCc1ccccc1)[C@@H](C#N)NC(=O)[C@H](Cc1cccc(Br)c1)NC(=O)c1cc(C(C)(C)C)nn1C. The van der Waals surface area contributed by atoms with Gasteiger partial charge >= 0.3 is 0 Å². The predicted molar refractivity (Wildman–Crippen MR) is 149 cm³/mol. The van der Waals surface area contributed by atoms with Gasteiger partial charge in [-0.2, -0.15) is 10.4 Å². The smallest absolute Gasteiger partial charge is 0.270 e. The molecule has 2 amide bonds. The molecule has 0 radical (unpaired) electrons. The van der Waals surface area contributed by atoms with Crippen LogP contribution >= 0.6 is 15.9 Å². The highest BCUT2D eigenvalue weighted by Gasteiger charge is 2.29. The molecular weight excluding hydrogens is 546 g/mol. The number of carbonyl (C=O) groups is 2. The number of ether oxygens (including phenoxy) is 1. The van der Waals surface area contributed by atoms with Crippen molar-refractivity contribution in [3.63, 3.8) is 0 Å². The van der Waals surface area contributed by atoms with Gasteiger partial charge in [0.15, 0.2) is 0 Å². The summed E-state index contributed by atoms with van der Waals surface area (Å²) in [5, 5.41) is 19.9. The zero-order valence-electron chi connectivity index (χ0n) is 22.4. The highest BCUT2D eigenvalue weighted by Crippen LogP contribution is 2.21. The Hall–Kier alpha value is -3.48. The number of aromatic nitrogens is 2. The van der Waals surface area contributed by atoms with Crippen LogP contribution in [-0.2, 0) is 35.0 Å². The Morgan fingerprint density at radius 2 is 1.76 bits per heavy atom. The molecule has 2 aromatic carbocycles. The van der Waals surface area contributed by atoms with Crippen LogP contribution in [0.25, 0.3) is 0 Å². The fourth-order valence-electron chi connectivity index (χ4n) is 3.79. The summed E-state index contributed by atoms with van der Waals surface area (Å²) >= 11 is 3.46. The summed E-state index contributed by atoms with van der Waals surface area (Å²) in [6.45, 7) is 8.10. The predicted octanol–water partition coefficient (Wildman–Crippen LogP) is 4.43. The minimum Gasteiger partial charge on any atom is -0.371 e. The lowest BCUT2D eigenvalue weighted by atomic mass is 9.92. The Labute approximate surface area is 232 Å². The zero-order chi connectivity index (χ0) is 27.9. The molecule has 3 aromatic rings. The van der Waals surface area contributed by atoms with Gasteiger partial charge in [-0.15, -0.1) is 0 Å². The van der Waals surface area contributed by atoms with E-state index in [1.807, 2.05) is 75.4 Å². The number of carbonyl (C=O) groups excluding carboxylic acids is 2. The molecule has 200 valence electrons. The van der Waals surface area contributed by atoms with Gasteiger partial charge in [-0.05, 0) is 36.2 Å². The first-order valence-corrected chi connectivity index (χ1v) is 13.2. The van der Waals surface area contributed by atoms with Crippen molar-refractivity contribution in [1.82, 2.24) is 20.4 Å². The van der Waals surface area contributed by atoms with Crippen molar-refractivity contribution in [2.45, 2.75) is 64.3 Å². The maximum Gasteiger partial charge on any atom is 0.270 e. The molecule has 1 heterocycles. The quantitative estimate of drug-likeness (QED) is 0.369. The molecule has 2 N–H and O–H groups in total. The lowest BCUT2D eigenvalue weighted by Gasteiger charge is -2.24. The van der Waals surface area contributed by atoms with E-state index in [0.29, 0.717) is 12.3 Å². The average Bonchev–Trinajstić information content (AvgIpc) is 3.28. The molecule has 0 spiro atoms. The van der Waals surface area contributed by atoms with Crippen molar-refractivity contribution in [2.75, 3.05) is 0 Å². The molecule has 38 heavy (non-hydrogen) atoms. The van der Waals surface area contributed by atoms with Crippen LogP contribution < -0.4 is 10.6 Å². The van der Waals surface area contributed by atoms with E-state index in [1.165, 1.54) is 4.68 Å². The molecule has 3 atom stereocenters. The molecule has 3 rings (SSSR count). The normalized spacial score (nSPS) is 13.7. The van der Waals surface area contributed by atoms with Gasteiger partial charge in [0.2, 0.25) is 5.91 Å². The summed E-state index contributed by atoms with van der Waals surface area (Å²) in [5.41, 5.74) is 2.69. The molecule has 0 bridgehead atoms. The Kier molecular flexibility index (Phi) is 9.84. The fraction of sp³-hybridized carbons (Fsp3) is 0.379. The number of hydrogen-bond donors (Lipinski definition) is 2. The Bertz CT molecular complexity index is 1290. The van der Waals surface area contributed by atoms with Gasteiger partial charge in [0.05, 0.1) is 24.5 Å². The Morgan fingerprint density at radius 1 is 1.08 bits per heavy atom. The number of amides is 2. The van der Waals surface area contributed by atoms with E-state index in [4.69, 9.17) is 4.74 Å². The van der Waals surface area contributed by atoms with Crippen LogP contribution in [0.1, 0.15) is 55.0 Å². The van der Waals surface area contributed by atoms with E-state index in [2.05, 4.69) is 37.7 Å². The van der Waals surface area contributed by atoms with Crippen molar-refractivity contribution in [3.8, 4) is 6.07 Å². The minimum atomic E-state index is -0.929. The van der Waals surface area contributed by atoms with Gasteiger partial charge in [-0.25, -0.2) is 0 Å². The van der Waals surface area contributed by atoms with E-state index < -0.39 is 30.0 Å². The first kappa shape index (κ1) is 29.1. The molecule has 0 aliphatic heterocycles. The molecule has 0 unspecified atom stereocenters. The minimum absolute atomic E-state index is 0.235. The average molecular weight is 581 g/mol. The first-order chi connectivity index (χ1) is 18.0. The van der Waals surface area contributed by atoms with Crippen LogP contribution in [0.4, 0.5) is 0 Å². The topological polar surface area (TPSA) is 109 Å². The molecule has 1 aromatic heterocycles. The third-order valence-corrected chi connectivity index (χ3v) is 6.59. The van der Waals surface area contributed by atoms with Gasteiger partial charge < -0.3 is 15.4 Å². The molecule has 8 nitrogen and oxygen atoms in total. The lowest BCUT2D eigenvalue weighted by molar-refractivity contribution is -0.124. The van der Waals surface area contributed by atoms with Crippen molar-refractivity contribution in [3.05, 3.63) is 87.7 Å². The zero-order valence-corrected chi connectivity index (χ0v) is 24.0. The second-order valence-corrected chi connectivity index (χ2v) is 11.2. The van der Waals surface area contributed by atoms with Gasteiger partial charge in [0.1, 0.15) is 17.8 Å². The van der Waals surface area contributed by atoms with E-state index in [-0.39, 0.29) is 11.8 Å².